The number of nitrogens with zero attached hydrogens (tertiary/aromatic N) is 2. The molecule has 0 amide bonds. The highest BCUT2D eigenvalue weighted by atomic mass is 16.8. The molecule has 0 radical (unpaired) electrons. The molecular weight excluding hydrogens is 240 g/mol. The molecule has 18 heavy (non-hydrogen) atoms. The van der Waals surface area contributed by atoms with E-state index in [1.54, 1.807) is 13.8 Å². The molecule has 7 heteroatoms. The van der Waals surface area contributed by atoms with Gasteiger partial charge in [0.1, 0.15) is 0 Å². The minimum absolute atomic E-state index is 0.279. The van der Waals surface area contributed by atoms with Crippen LogP contribution in [0.15, 0.2) is 5.16 Å². The number of hydrogen-bond donors (Lipinski definition) is 0. The summed E-state index contributed by atoms with van der Waals surface area (Å²) >= 11 is 0. The molecule has 0 aromatic carbocycles. The maximum atomic E-state index is 11.4. The van der Waals surface area contributed by atoms with Gasteiger partial charge in [0.2, 0.25) is 0 Å². The van der Waals surface area contributed by atoms with E-state index >= 15 is 0 Å². The number of carbonyl (C=O) groups excluding carboxylic acids is 1. The van der Waals surface area contributed by atoms with Crippen LogP contribution in [-0.4, -0.2) is 42.6 Å². The molecule has 0 saturated heterocycles. The molecular formula is C11H21N2O5-. The van der Waals surface area contributed by atoms with Crippen molar-refractivity contribution in [2.45, 2.75) is 47.0 Å². The Labute approximate surface area is 107 Å². The SMILES string of the molecule is CCN(CC)/C([O-])=N/OC(C)OC(=O)OC(C)C. The molecule has 0 spiro atoms. The summed E-state index contributed by atoms with van der Waals surface area (Å²) in [7, 11) is 0. The number of ether oxygens (including phenoxy) is 2. The molecule has 0 aromatic rings. The van der Waals surface area contributed by atoms with Crippen LogP contribution in [0.1, 0.15) is 34.6 Å². The van der Waals surface area contributed by atoms with Crippen LogP contribution in [0.2, 0.25) is 0 Å². The second-order valence-electron chi connectivity index (χ2n) is 3.75. The van der Waals surface area contributed by atoms with Crippen molar-refractivity contribution in [1.82, 2.24) is 4.90 Å². The second-order valence-corrected chi connectivity index (χ2v) is 3.75. The topological polar surface area (TPSA) is 83.4 Å². The van der Waals surface area contributed by atoms with Gasteiger partial charge >= 0.3 is 6.16 Å². The smallest absolute Gasteiger partial charge is 0.511 e. The zero-order chi connectivity index (χ0) is 14.1. The van der Waals surface area contributed by atoms with Gasteiger partial charge in [-0.2, -0.15) is 0 Å². The van der Waals surface area contributed by atoms with Gasteiger partial charge in [-0.3, -0.25) is 0 Å². The molecule has 0 aromatic heterocycles. The van der Waals surface area contributed by atoms with E-state index in [1.807, 2.05) is 13.8 Å². The predicted molar refractivity (Wildman–Crippen MR) is 63.6 cm³/mol. The summed E-state index contributed by atoms with van der Waals surface area (Å²) in [6, 6.07) is -0.507. The highest BCUT2D eigenvalue weighted by Crippen LogP contribution is 2.00. The minimum atomic E-state index is -0.976. The Morgan fingerprint density at radius 1 is 1.22 bits per heavy atom. The van der Waals surface area contributed by atoms with Crippen LogP contribution in [-0.2, 0) is 14.3 Å². The molecule has 1 unspecified atom stereocenters. The first-order valence-corrected chi connectivity index (χ1v) is 5.93. The monoisotopic (exact) mass is 261 g/mol. The summed E-state index contributed by atoms with van der Waals surface area (Å²) in [5, 5.41) is 14.8. The number of oxime groups is 1. The maximum Gasteiger partial charge on any atom is 0.511 e. The summed E-state index contributed by atoms with van der Waals surface area (Å²) in [5.74, 6) is 0. The highest BCUT2D eigenvalue weighted by molar-refractivity contribution is 5.68. The van der Waals surface area contributed by atoms with Gasteiger partial charge in [-0.05, 0) is 27.7 Å². The third-order valence-electron chi connectivity index (χ3n) is 1.91. The number of amidine groups is 1. The summed E-state index contributed by atoms with van der Waals surface area (Å²) in [5.41, 5.74) is 0. The quantitative estimate of drug-likeness (QED) is 0.232. The number of carbonyl (C=O) groups is 1. The average molecular weight is 261 g/mol. The van der Waals surface area contributed by atoms with Crippen molar-refractivity contribution < 1.29 is 24.2 Å². The van der Waals surface area contributed by atoms with Gasteiger partial charge in [0.05, 0.1) is 12.1 Å². The van der Waals surface area contributed by atoms with E-state index < -0.39 is 18.5 Å². The Bertz CT molecular complexity index is 277. The molecule has 0 aliphatic heterocycles. The van der Waals surface area contributed by atoms with Gasteiger partial charge in [-0.1, -0.05) is 5.16 Å². The molecule has 7 nitrogen and oxygen atoms in total. The largest absolute Gasteiger partial charge is 0.844 e. The van der Waals surface area contributed by atoms with Crippen molar-refractivity contribution in [3.05, 3.63) is 0 Å². The van der Waals surface area contributed by atoms with Gasteiger partial charge in [0, 0.05) is 20.0 Å². The zero-order valence-corrected chi connectivity index (χ0v) is 11.5. The van der Waals surface area contributed by atoms with Crippen LogP contribution >= 0.6 is 0 Å². The van der Waals surface area contributed by atoms with Crippen molar-refractivity contribution in [2.24, 2.45) is 5.16 Å². The van der Waals surface area contributed by atoms with Crippen molar-refractivity contribution >= 4 is 12.2 Å². The third kappa shape index (κ3) is 6.82. The first-order chi connectivity index (χ1) is 8.40. The predicted octanol–water partition coefficient (Wildman–Crippen LogP) is 0.884. The third-order valence-corrected chi connectivity index (χ3v) is 1.91. The Balaban J connectivity index is 4.12. The normalized spacial score (nSPS) is 13.1. The summed E-state index contributed by atoms with van der Waals surface area (Å²) < 4.78 is 9.45. The maximum absolute atomic E-state index is 11.4. The summed E-state index contributed by atoms with van der Waals surface area (Å²) in [4.78, 5) is 17.3. The highest BCUT2D eigenvalue weighted by Gasteiger charge is 2.12. The van der Waals surface area contributed by atoms with Crippen LogP contribution in [0.4, 0.5) is 4.79 Å². The fourth-order valence-corrected chi connectivity index (χ4v) is 1.05. The Morgan fingerprint density at radius 2 is 1.78 bits per heavy atom. The standard InChI is InChI=1S/C11H22N2O5/c1-6-13(7-2)10(14)12-18-9(5)17-11(15)16-8(3)4/h8-9H,6-7H2,1-5H3,(H,12,14)/p-1. The molecule has 0 saturated carbocycles. The fraction of sp³-hybridized carbons (Fsp3) is 0.818. The molecule has 106 valence electrons. The van der Waals surface area contributed by atoms with Crippen molar-refractivity contribution in [2.75, 3.05) is 13.1 Å². The lowest BCUT2D eigenvalue weighted by molar-refractivity contribution is -0.244. The zero-order valence-electron chi connectivity index (χ0n) is 11.5. The van der Waals surface area contributed by atoms with Crippen LogP contribution in [0.5, 0.6) is 0 Å². The minimum Gasteiger partial charge on any atom is -0.844 e. The van der Waals surface area contributed by atoms with E-state index in [0.717, 1.165) is 0 Å². The Hall–Kier alpha value is -1.66. The van der Waals surface area contributed by atoms with Crippen LogP contribution < -0.4 is 5.11 Å². The Kier molecular flexibility index (Phi) is 7.66. The van der Waals surface area contributed by atoms with Crippen molar-refractivity contribution in [1.29, 1.82) is 0 Å². The van der Waals surface area contributed by atoms with E-state index in [1.165, 1.54) is 11.8 Å². The Morgan fingerprint density at radius 3 is 2.22 bits per heavy atom. The van der Waals surface area contributed by atoms with Crippen LogP contribution in [0.25, 0.3) is 0 Å². The molecule has 0 bridgehead atoms. The molecule has 1 atom stereocenters. The first-order valence-electron chi connectivity index (χ1n) is 5.93. The molecule has 0 heterocycles. The fourth-order valence-electron chi connectivity index (χ4n) is 1.05. The van der Waals surface area contributed by atoms with Gasteiger partial charge in [-0.25, -0.2) is 4.79 Å². The van der Waals surface area contributed by atoms with Gasteiger partial charge in [0.25, 0.3) is 6.29 Å². The van der Waals surface area contributed by atoms with E-state index in [-0.39, 0.29) is 6.10 Å². The van der Waals surface area contributed by atoms with Crippen molar-refractivity contribution in [3.8, 4) is 0 Å². The van der Waals surface area contributed by atoms with Gasteiger partial charge in [-0.15, -0.1) is 0 Å². The van der Waals surface area contributed by atoms with E-state index in [0.29, 0.717) is 13.1 Å². The van der Waals surface area contributed by atoms with Crippen LogP contribution in [0, 0.1) is 0 Å². The lowest BCUT2D eigenvalue weighted by atomic mass is 10.5. The molecule has 0 rings (SSSR count). The van der Waals surface area contributed by atoms with E-state index in [2.05, 4.69) is 5.16 Å². The van der Waals surface area contributed by atoms with Crippen LogP contribution in [0.3, 0.4) is 0 Å². The van der Waals surface area contributed by atoms with Crippen molar-refractivity contribution in [3.63, 3.8) is 0 Å². The number of rotatable bonds is 6. The molecule has 0 fully saturated rings. The number of hydrogen-bond acceptors (Lipinski definition) is 6. The molecule has 0 aliphatic rings. The molecule has 0 aliphatic carbocycles. The lowest BCUT2D eigenvalue weighted by Gasteiger charge is -2.26. The second kappa shape index (κ2) is 8.43. The summed E-state index contributed by atoms with van der Waals surface area (Å²) in [6.07, 6.45) is -2.11. The molecule has 0 N–H and O–H groups in total. The lowest BCUT2D eigenvalue weighted by Crippen LogP contribution is -2.40. The average Bonchev–Trinajstić information content (AvgIpc) is 2.26. The van der Waals surface area contributed by atoms with E-state index in [4.69, 9.17) is 14.3 Å². The van der Waals surface area contributed by atoms with Gasteiger partial charge < -0.3 is 24.3 Å². The first kappa shape index (κ1) is 16.3. The summed E-state index contributed by atoms with van der Waals surface area (Å²) in [6.45, 7) is 9.57. The van der Waals surface area contributed by atoms with E-state index in [9.17, 15) is 9.90 Å². The van der Waals surface area contributed by atoms with Gasteiger partial charge in [0.15, 0.2) is 0 Å².